The quantitative estimate of drug-likeness (QED) is 0.834. The van der Waals surface area contributed by atoms with Crippen LogP contribution in [-0.2, 0) is 6.61 Å². The monoisotopic (exact) mass is 235 g/mol. The van der Waals surface area contributed by atoms with Gasteiger partial charge in [-0.25, -0.2) is 0 Å². The number of rotatable bonds is 4. The van der Waals surface area contributed by atoms with Crippen molar-refractivity contribution in [1.82, 2.24) is 0 Å². The van der Waals surface area contributed by atoms with Crippen LogP contribution in [-0.4, -0.2) is 29.9 Å². The summed E-state index contributed by atoms with van der Waals surface area (Å²) in [4.78, 5) is 2.37. The maximum Gasteiger partial charge on any atom is 0.0684 e. The maximum absolute atomic E-state index is 9.15. The van der Waals surface area contributed by atoms with Crippen molar-refractivity contribution < 1.29 is 10.2 Å². The van der Waals surface area contributed by atoms with E-state index in [4.69, 9.17) is 10.2 Å². The molecule has 0 spiro atoms. The van der Waals surface area contributed by atoms with Gasteiger partial charge in [0.15, 0.2) is 0 Å². The number of aryl methyl sites for hydroxylation is 1. The van der Waals surface area contributed by atoms with Gasteiger partial charge in [-0.3, -0.25) is 0 Å². The van der Waals surface area contributed by atoms with E-state index in [0.717, 1.165) is 30.6 Å². The summed E-state index contributed by atoms with van der Waals surface area (Å²) in [6, 6.07) is 6.23. The Hall–Kier alpha value is -1.06. The highest BCUT2D eigenvalue weighted by atomic mass is 16.3. The summed E-state index contributed by atoms with van der Waals surface area (Å²) < 4.78 is 0. The van der Waals surface area contributed by atoms with E-state index in [1.54, 1.807) is 0 Å². The van der Waals surface area contributed by atoms with Gasteiger partial charge in [-0.15, -0.1) is 0 Å². The number of aliphatic hydroxyl groups is 2. The fourth-order valence-corrected chi connectivity index (χ4v) is 2.54. The molecule has 1 saturated heterocycles. The van der Waals surface area contributed by atoms with Crippen LogP contribution in [0.2, 0.25) is 0 Å². The molecule has 1 fully saturated rings. The van der Waals surface area contributed by atoms with Crippen molar-refractivity contribution in [2.45, 2.75) is 26.4 Å². The number of benzene rings is 1. The Bertz CT molecular complexity index is 378. The number of aliphatic hydroxyl groups excluding tert-OH is 2. The van der Waals surface area contributed by atoms with E-state index < -0.39 is 0 Å². The SMILES string of the molecule is Cc1cc(N2CCC(CCO)C2)ccc1CO. The second kappa shape index (κ2) is 5.52. The van der Waals surface area contributed by atoms with Crippen molar-refractivity contribution in [2.24, 2.45) is 5.92 Å². The molecule has 1 aliphatic rings. The van der Waals surface area contributed by atoms with E-state index in [9.17, 15) is 0 Å². The van der Waals surface area contributed by atoms with Crippen molar-refractivity contribution in [3.8, 4) is 0 Å². The molecule has 2 rings (SSSR count). The van der Waals surface area contributed by atoms with E-state index in [2.05, 4.69) is 17.0 Å². The van der Waals surface area contributed by atoms with Crippen molar-refractivity contribution in [3.63, 3.8) is 0 Å². The van der Waals surface area contributed by atoms with Gasteiger partial charge in [-0.1, -0.05) is 6.07 Å². The molecule has 1 unspecified atom stereocenters. The van der Waals surface area contributed by atoms with Gasteiger partial charge >= 0.3 is 0 Å². The fraction of sp³-hybridized carbons (Fsp3) is 0.571. The van der Waals surface area contributed by atoms with Crippen LogP contribution in [0.1, 0.15) is 24.0 Å². The molecule has 94 valence electrons. The van der Waals surface area contributed by atoms with Crippen LogP contribution in [0.5, 0.6) is 0 Å². The molecule has 1 aliphatic heterocycles. The van der Waals surface area contributed by atoms with Crippen LogP contribution in [0.4, 0.5) is 5.69 Å². The zero-order valence-corrected chi connectivity index (χ0v) is 10.4. The Morgan fingerprint density at radius 1 is 1.35 bits per heavy atom. The lowest BCUT2D eigenvalue weighted by atomic mass is 10.1. The largest absolute Gasteiger partial charge is 0.396 e. The summed E-state index contributed by atoms with van der Waals surface area (Å²) in [5.74, 6) is 0.623. The number of hydrogen-bond donors (Lipinski definition) is 2. The van der Waals surface area contributed by atoms with E-state index in [1.165, 1.54) is 12.1 Å². The van der Waals surface area contributed by atoms with Crippen LogP contribution in [0.15, 0.2) is 18.2 Å². The molecule has 1 atom stereocenters. The van der Waals surface area contributed by atoms with Gasteiger partial charge in [0.25, 0.3) is 0 Å². The highest BCUT2D eigenvalue weighted by Crippen LogP contribution is 2.27. The molecule has 2 N–H and O–H groups in total. The molecule has 3 nitrogen and oxygen atoms in total. The van der Waals surface area contributed by atoms with Crippen LogP contribution < -0.4 is 4.90 Å². The van der Waals surface area contributed by atoms with E-state index >= 15 is 0 Å². The second-order valence-corrected chi connectivity index (χ2v) is 4.88. The predicted octanol–water partition coefficient (Wildman–Crippen LogP) is 1.70. The fourth-order valence-electron chi connectivity index (χ4n) is 2.54. The molecule has 0 radical (unpaired) electrons. The predicted molar refractivity (Wildman–Crippen MR) is 69.1 cm³/mol. The maximum atomic E-state index is 9.15. The first-order valence-corrected chi connectivity index (χ1v) is 6.30. The van der Waals surface area contributed by atoms with Gasteiger partial charge in [-0.05, 0) is 48.9 Å². The minimum atomic E-state index is 0.110. The molecule has 1 aromatic rings. The minimum Gasteiger partial charge on any atom is -0.396 e. The summed E-state index contributed by atoms with van der Waals surface area (Å²) in [5, 5.41) is 18.1. The Labute approximate surface area is 103 Å². The molecule has 3 heteroatoms. The van der Waals surface area contributed by atoms with E-state index in [0.29, 0.717) is 12.5 Å². The third-order valence-electron chi connectivity index (χ3n) is 3.68. The third kappa shape index (κ3) is 2.79. The molecular weight excluding hydrogens is 214 g/mol. The zero-order valence-electron chi connectivity index (χ0n) is 10.4. The highest BCUT2D eigenvalue weighted by Gasteiger charge is 2.22. The lowest BCUT2D eigenvalue weighted by Gasteiger charge is -2.20. The number of nitrogens with zero attached hydrogens (tertiary/aromatic N) is 1. The van der Waals surface area contributed by atoms with Crippen molar-refractivity contribution >= 4 is 5.69 Å². The average Bonchev–Trinajstić information content (AvgIpc) is 2.78. The summed E-state index contributed by atoms with van der Waals surface area (Å²) >= 11 is 0. The second-order valence-electron chi connectivity index (χ2n) is 4.88. The Morgan fingerprint density at radius 3 is 2.82 bits per heavy atom. The third-order valence-corrected chi connectivity index (χ3v) is 3.68. The van der Waals surface area contributed by atoms with Gasteiger partial charge in [0.05, 0.1) is 6.61 Å². The molecular formula is C14H21NO2. The summed E-state index contributed by atoms with van der Waals surface area (Å²) in [6.07, 6.45) is 2.07. The van der Waals surface area contributed by atoms with Gasteiger partial charge < -0.3 is 15.1 Å². The average molecular weight is 235 g/mol. The molecule has 0 bridgehead atoms. The highest BCUT2D eigenvalue weighted by molar-refractivity contribution is 5.51. The molecule has 1 heterocycles. The molecule has 0 saturated carbocycles. The van der Waals surface area contributed by atoms with Crippen LogP contribution in [0.3, 0.4) is 0 Å². The minimum absolute atomic E-state index is 0.110. The zero-order chi connectivity index (χ0) is 12.3. The van der Waals surface area contributed by atoms with Crippen molar-refractivity contribution in [3.05, 3.63) is 29.3 Å². The molecule has 0 amide bonds. The van der Waals surface area contributed by atoms with E-state index in [-0.39, 0.29) is 6.61 Å². The molecule has 0 aromatic heterocycles. The van der Waals surface area contributed by atoms with E-state index in [1.807, 2.05) is 13.0 Å². The summed E-state index contributed by atoms with van der Waals surface area (Å²) in [6.45, 7) is 4.55. The number of hydrogen-bond acceptors (Lipinski definition) is 3. The first-order valence-electron chi connectivity index (χ1n) is 6.30. The van der Waals surface area contributed by atoms with Gasteiger partial charge in [0.1, 0.15) is 0 Å². The van der Waals surface area contributed by atoms with Crippen LogP contribution >= 0.6 is 0 Å². The normalized spacial score (nSPS) is 19.9. The number of anilines is 1. The lowest BCUT2D eigenvalue weighted by Crippen LogP contribution is -2.20. The molecule has 17 heavy (non-hydrogen) atoms. The standard InChI is InChI=1S/C14H21NO2/c1-11-8-14(3-2-13(11)10-17)15-6-4-12(9-15)5-7-16/h2-3,8,12,16-17H,4-7,9-10H2,1H3. The Kier molecular flexibility index (Phi) is 4.02. The van der Waals surface area contributed by atoms with Crippen molar-refractivity contribution in [1.29, 1.82) is 0 Å². The van der Waals surface area contributed by atoms with Crippen LogP contribution in [0, 0.1) is 12.8 Å². The molecule has 0 aliphatic carbocycles. The first-order chi connectivity index (χ1) is 8.24. The van der Waals surface area contributed by atoms with Gasteiger partial charge in [0, 0.05) is 25.4 Å². The van der Waals surface area contributed by atoms with Gasteiger partial charge in [-0.2, -0.15) is 0 Å². The summed E-state index contributed by atoms with van der Waals surface area (Å²) in [5.41, 5.74) is 3.38. The first kappa shape index (κ1) is 12.4. The topological polar surface area (TPSA) is 43.7 Å². The Balaban J connectivity index is 2.06. The summed E-state index contributed by atoms with van der Waals surface area (Å²) in [7, 11) is 0. The lowest BCUT2D eigenvalue weighted by molar-refractivity contribution is 0.263. The van der Waals surface area contributed by atoms with Crippen LogP contribution in [0.25, 0.3) is 0 Å². The van der Waals surface area contributed by atoms with Gasteiger partial charge in [0.2, 0.25) is 0 Å². The molecule has 1 aromatic carbocycles. The van der Waals surface area contributed by atoms with Crippen molar-refractivity contribution in [2.75, 3.05) is 24.6 Å². The Morgan fingerprint density at radius 2 is 2.18 bits per heavy atom. The smallest absolute Gasteiger partial charge is 0.0684 e.